The second kappa shape index (κ2) is 6.83. The SMILES string of the molecule is CCN(CCNS(=O)(=O)c1cc(CN)ccc1F)C1CC1. The van der Waals surface area contributed by atoms with Gasteiger partial charge in [-0.05, 0) is 37.1 Å². The van der Waals surface area contributed by atoms with E-state index in [9.17, 15) is 12.8 Å². The third-order valence-corrected chi connectivity index (χ3v) is 5.16. The smallest absolute Gasteiger partial charge is 0.243 e. The number of hydrogen-bond donors (Lipinski definition) is 2. The number of rotatable bonds is 8. The molecule has 2 rings (SSSR count). The van der Waals surface area contributed by atoms with Gasteiger partial charge in [0.05, 0.1) is 0 Å². The first-order valence-corrected chi connectivity index (χ1v) is 8.68. The highest BCUT2D eigenvalue weighted by Crippen LogP contribution is 2.26. The highest BCUT2D eigenvalue weighted by Gasteiger charge is 2.27. The van der Waals surface area contributed by atoms with Crippen LogP contribution in [0.1, 0.15) is 25.3 Å². The molecule has 1 aliphatic rings. The Kier molecular flexibility index (Phi) is 5.32. The number of nitrogens with one attached hydrogen (secondary N) is 1. The molecule has 1 fully saturated rings. The van der Waals surface area contributed by atoms with Gasteiger partial charge in [-0.3, -0.25) is 4.90 Å². The average Bonchev–Trinajstić information content (AvgIpc) is 3.28. The molecule has 1 saturated carbocycles. The lowest BCUT2D eigenvalue weighted by atomic mass is 10.2. The van der Waals surface area contributed by atoms with Crippen LogP contribution in [0.5, 0.6) is 0 Å². The molecule has 0 saturated heterocycles. The zero-order valence-corrected chi connectivity index (χ0v) is 13.0. The number of benzene rings is 1. The van der Waals surface area contributed by atoms with Gasteiger partial charge in [0.1, 0.15) is 10.7 Å². The van der Waals surface area contributed by atoms with E-state index < -0.39 is 15.8 Å². The monoisotopic (exact) mass is 315 g/mol. The van der Waals surface area contributed by atoms with Crippen molar-refractivity contribution in [2.24, 2.45) is 5.73 Å². The highest BCUT2D eigenvalue weighted by molar-refractivity contribution is 7.89. The lowest BCUT2D eigenvalue weighted by Crippen LogP contribution is -2.36. The van der Waals surface area contributed by atoms with Gasteiger partial charge in [-0.15, -0.1) is 0 Å². The molecule has 0 aromatic heterocycles. The van der Waals surface area contributed by atoms with Crippen molar-refractivity contribution in [2.75, 3.05) is 19.6 Å². The van der Waals surface area contributed by atoms with Crippen LogP contribution in [0.4, 0.5) is 4.39 Å². The third kappa shape index (κ3) is 4.23. The molecule has 7 heteroatoms. The Balaban J connectivity index is 2.00. The van der Waals surface area contributed by atoms with E-state index in [1.54, 1.807) is 0 Å². The molecule has 0 heterocycles. The van der Waals surface area contributed by atoms with Crippen LogP contribution < -0.4 is 10.5 Å². The number of halogens is 1. The van der Waals surface area contributed by atoms with Crippen LogP contribution in [0.15, 0.2) is 23.1 Å². The van der Waals surface area contributed by atoms with Crippen LogP contribution in [0.25, 0.3) is 0 Å². The molecule has 0 bridgehead atoms. The molecular formula is C14H22FN3O2S. The Bertz CT molecular complexity index is 588. The minimum absolute atomic E-state index is 0.175. The third-order valence-electron chi connectivity index (χ3n) is 3.68. The molecule has 1 aliphatic carbocycles. The van der Waals surface area contributed by atoms with Crippen LogP contribution in [0, 0.1) is 5.82 Å². The van der Waals surface area contributed by atoms with Crippen LogP contribution in [-0.2, 0) is 16.6 Å². The Hall–Kier alpha value is -1.02. The van der Waals surface area contributed by atoms with Gasteiger partial charge in [-0.1, -0.05) is 13.0 Å². The maximum Gasteiger partial charge on any atom is 0.243 e. The van der Waals surface area contributed by atoms with Gasteiger partial charge in [0.25, 0.3) is 0 Å². The van der Waals surface area contributed by atoms with Crippen molar-refractivity contribution in [2.45, 2.75) is 37.2 Å². The number of likely N-dealkylation sites (N-methyl/N-ethyl adjacent to an activating group) is 1. The first-order valence-electron chi connectivity index (χ1n) is 7.20. The zero-order valence-electron chi connectivity index (χ0n) is 12.2. The highest BCUT2D eigenvalue weighted by atomic mass is 32.2. The predicted molar refractivity (Wildman–Crippen MR) is 79.7 cm³/mol. The van der Waals surface area contributed by atoms with Crippen molar-refractivity contribution in [3.05, 3.63) is 29.6 Å². The summed E-state index contributed by atoms with van der Waals surface area (Å²) >= 11 is 0. The van der Waals surface area contributed by atoms with Crippen LogP contribution in [-0.4, -0.2) is 39.0 Å². The normalized spacial score (nSPS) is 15.6. The fourth-order valence-corrected chi connectivity index (χ4v) is 3.47. The maximum absolute atomic E-state index is 13.7. The maximum atomic E-state index is 13.7. The van der Waals surface area contributed by atoms with E-state index in [0.29, 0.717) is 18.2 Å². The van der Waals surface area contributed by atoms with Gasteiger partial charge in [-0.2, -0.15) is 0 Å². The molecule has 0 unspecified atom stereocenters. The van der Waals surface area contributed by atoms with Crippen molar-refractivity contribution >= 4 is 10.0 Å². The summed E-state index contributed by atoms with van der Waals surface area (Å²) in [7, 11) is -3.84. The lowest BCUT2D eigenvalue weighted by Gasteiger charge is -2.19. The van der Waals surface area contributed by atoms with E-state index in [2.05, 4.69) is 16.5 Å². The van der Waals surface area contributed by atoms with E-state index in [0.717, 1.165) is 12.6 Å². The molecule has 0 amide bonds. The Labute approximate surface area is 125 Å². The largest absolute Gasteiger partial charge is 0.326 e. The molecular weight excluding hydrogens is 293 g/mol. The molecule has 3 N–H and O–H groups in total. The minimum atomic E-state index is -3.84. The fraction of sp³-hybridized carbons (Fsp3) is 0.571. The summed E-state index contributed by atoms with van der Waals surface area (Å²) in [5.74, 6) is -0.755. The van der Waals surface area contributed by atoms with Gasteiger partial charge >= 0.3 is 0 Å². The van der Waals surface area contributed by atoms with Crippen molar-refractivity contribution in [1.82, 2.24) is 9.62 Å². The minimum Gasteiger partial charge on any atom is -0.326 e. The second-order valence-corrected chi connectivity index (χ2v) is 6.96. The van der Waals surface area contributed by atoms with Crippen molar-refractivity contribution in [1.29, 1.82) is 0 Å². The second-order valence-electron chi connectivity index (χ2n) is 5.23. The van der Waals surface area contributed by atoms with E-state index in [4.69, 9.17) is 5.73 Å². The Morgan fingerprint density at radius 1 is 1.43 bits per heavy atom. The van der Waals surface area contributed by atoms with Gasteiger partial charge in [-0.25, -0.2) is 17.5 Å². The van der Waals surface area contributed by atoms with Gasteiger partial charge in [0.15, 0.2) is 0 Å². The molecule has 21 heavy (non-hydrogen) atoms. The Morgan fingerprint density at radius 3 is 2.71 bits per heavy atom. The summed E-state index contributed by atoms with van der Waals surface area (Å²) in [6.07, 6.45) is 2.35. The molecule has 0 aliphatic heterocycles. The van der Waals surface area contributed by atoms with Crippen molar-refractivity contribution in [3.63, 3.8) is 0 Å². The molecule has 5 nitrogen and oxygen atoms in total. The molecule has 0 atom stereocenters. The molecule has 0 spiro atoms. The standard InChI is InChI=1S/C14H22FN3O2S/c1-2-18(12-4-5-12)8-7-17-21(19,20)14-9-11(10-16)3-6-13(14)15/h3,6,9,12,17H,2,4-5,7-8,10,16H2,1H3. The average molecular weight is 315 g/mol. The summed E-state index contributed by atoms with van der Waals surface area (Å²) in [6, 6.07) is 4.49. The zero-order chi connectivity index (χ0) is 15.5. The van der Waals surface area contributed by atoms with Gasteiger partial charge < -0.3 is 5.73 Å². The van der Waals surface area contributed by atoms with E-state index >= 15 is 0 Å². The lowest BCUT2D eigenvalue weighted by molar-refractivity contribution is 0.282. The molecule has 118 valence electrons. The summed E-state index contributed by atoms with van der Waals surface area (Å²) in [4.78, 5) is 1.90. The quantitative estimate of drug-likeness (QED) is 0.752. The van der Waals surface area contributed by atoms with E-state index in [1.807, 2.05) is 0 Å². The van der Waals surface area contributed by atoms with Crippen molar-refractivity contribution in [3.8, 4) is 0 Å². The van der Waals surface area contributed by atoms with Crippen LogP contribution in [0.2, 0.25) is 0 Å². The van der Waals surface area contributed by atoms with Crippen LogP contribution >= 0.6 is 0 Å². The Morgan fingerprint density at radius 2 is 2.14 bits per heavy atom. The van der Waals surface area contributed by atoms with Crippen LogP contribution in [0.3, 0.4) is 0 Å². The molecule has 1 aromatic rings. The summed E-state index contributed by atoms with van der Waals surface area (Å²) in [6.45, 7) is 4.03. The first-order chi connectivity index (χ1) is 9.97. The molecule has 1 aromatic carbocycles. The fourth-order valence-electron chi connectivity index (χ4n) is 2.32. The van der Waals surface area contributed by atoms with Gasteiger partial charge in [0, 0.05) is 25.7 Å². The van der Waals surface area contributed by atoms with E-state index in [1.165, 1.54) is 25.0 Å². The number of sulfonamides is 1. The first kappa shape index (κ1) is 16.4. The van der Waals surface area contributed by atoms with Gasteiger partial charge in [0.2, 0.25) is 10.0 Å². The summed E-state index contributed by atoms with van der Waals surface area (Å²) < 4.78 is 40.5. The summed E-state index contributed by atoms with van der Waals surface area (Å²) in [5, 5.41) is 0. The predicted octanol–water partition coefficient (Wildman–Crippen LogP) is 1.05. The van der Waals surface area contributed by atoms with Crippen molar-refractivity contribution < 1.29 is 12.8 Å². The number of nitrogens with zero attached hydrogens (tertiary/aromatic N) is 1. The topological polar surface area (TPSA) is 75.4 Å². The molecule has 0 radical (unpaired) electrons. The van der Waals surface area contributed by atoms with E-state index in [-0.39, 0.29) is 18.0 Å². The summed E-state index contributed by atoms with van der Waals surface area (Å²) in [5.41, 5.74) is 6.05. The number of hydrogen-bond acceptors (Lipinski definition) is 4. The number of nitrogens with two attached hydrogens (primary N) is 1.